The molecule has 0 atom stereocenters. The van der Waals surface area contributed by atoms with Gasteiger partial charge in [0.15, 0.2) is 5.13 Å². The molecule has 8 heteroatoms. The van der Waals surface area contributed by atoms with Gasteiger partial charge in [0.1, 0.15) is 10.9 Å². The third kappa shape index (κ3) is 4.49. The molecule has 4 aromatic rings. The molecule has 0 saturated carbocycles. The van der Waals surface area contributed by atoms with Crippen molar-refractivity contribution in [2.45, 2.75) is 31.2 Å². The van der Waals surface area contributed by atoms with E-state index in [-0.39, 0.29) is 17.1 Å². The fourth-order valence-electron chi connectivity index (χ4n) is 2.73. The second-order valence-corrected chi connectivity index (χ2v) is 9.41. The molecule has 6 nitrogen and oxygen atoms in total. The van der Waals surface area contributed by atoms with Gasteiger partial charge in [-0.25, -0.2) is 15.0 Å². The lowest BCUT2D eigenvalue weighted by Crippen LogP contribution is -2.15. The molecule has 1 aromatic carbocycles. The molecule has 0 aliphatic carbocycles. The number of nitrogens with zero attached hydrogens (tertiary/aromatic N) is 3. The second-order valence-electron chi connectivity index (χ2n) is 7.58. The first-order valence-electron chi connectivity index (χ1n) is 9.19. The number of nitrogens with one attached hydrogen (secondary N) is 2. The molecular weight excluding hydrogens is 402 g/mol. The molecule has 0 fully saturated rings. The van der Waals surface area contributed by atoms with Crippen molar-refractivity contribution in [3.05, 3.63) is 53.7 Å². The summed E-state index contributed by atoms with van der Waals surface area (Å²) < 4.78 is 0. The van der Waals surface area contributed by atoms with Gasteiger partial charge in [0.2, 0.25) is 5.91 Å². The highest BCUT2D eigenvalue weighted by Crippen LogP contribution is 2.30. The summed E-state index contributed by atoms with van der Waals surface area (Å²) in [6.07, 6.45) is 1.73. The van der Waals surface area contributed by atoms with Crippen LogP contribution in [-0.2, 0) is 10.2 Å². The van der Waals surface area contributed by atoms with E-state index in [9.17, 15) is 4.79 Å². The van der Waals surface area contributed by atoms with Crippen LogP contribution in [0.5, 0.6) is 0 Å². The summed E-state index contributed by atoms with van der Waals surface area (Å²) in [7, 11) is 0. The quantitative estimate of drug-likeness (QED) is 0.436. The largest absolute Gasteiger partial charge is 0.338 e. The lowest BCUT2D eigenvalue weighted by Gasteiger charge is -2.14. The van der Waals surface area contributed by atoms with Gasteiger partial charge in [-0.1, -0.05) is 44.7 Å². The minimum absolute atomic E-state index is 0.0380. The van der Waals surface area contributed by atoms with Crippen LogP contribution in [-0.4, -0.2) is 31.6 Å². The van der Waals surface area contributed by atoms with Crippen molar-refractivity contribution in [3.8, 4) is 11.4 Å². The van der Waals surface area contributed by atoms with Crippen molar-refractivity contribution in [1.82, 2.24) is 19.9 Å². The number of benzene rings is 1. The SMILES string of the molecule is CC(C)(C)c1csc(NC(=O)CSc2ncccc2-c2nc3ccccc3[nH]2)n1. The molecule has 3 heterocycles. The lowest BCUT2D eigenvalue weighted by atomic mass is 9.93. The zero-order valence-corrected chi connectivity index (χ0v) is 18.0. The third-order valence-corrected chi connectivity index (χ3v) is 6.04. The van der Waals surface area contributed by atoms with Crippen molar-refractivity contribution in [1.29, 1.82) is 0 Å². The van der Waals surface area contributed by atoms with Gasteiger partial charge in [0, 0.05) is 22.6 Å². The molecule has 4 rings (SSSR count). The Morgan fingerprint density at radius 3 is 2.76 bits per heavy atom. The Kier molecular flexibility index (Phi) is 5.38. The zero-order chi connectivity index (χ0) is 20.4. The summed E-state index contributed by atoms with van der Waals surface area (Å²) in [5.41, 5.74) is 3.69. The Hall–Kier alpha value is -2.71. The standard InChI is InChI=1S/C21H21N5OS2/c1-21(2,3)16-11-29-20(25-16)26-17(27)12-28-19-13(7-6-10-22-19)18-23-14-8-4-5-9-15(14)24-18/h4-11H,12H2,1-3H3,(H,23,24)(H,25,26,27). The molecule has 0 unspecified atom stereocenters. The van der Waals surface area contributed by atoms with Crippen molar-refractivity contribution < 1.29 is 4.79 Å². The molecular formula is C21H21N5OS2. The van der Waals surface area contributed by atoms with Crippen LogP contribution in [0.2, 0.25) is 0 Å². The summed E-state index contributed by atoms with van der Waals surface area (Å²) in [6, 6.07) is 11.7. The van der Waals surface area contributed by atoms with Crippen LogP contribution in [0.25, 0.3) is 22.4 Å². The normalized spacial score (nSPS) is 11.7. The van der Waals surface area contributed by atoms with Crippen LogP contribution in [0.4, 0.5) is 5.13 Å². The molecule has 0 radical (unpaired) electrons. The third-order valence-electron chi connectivity index (χ3n) is 4.27. The second kappa shape index (κ2) is 7.96. The van der Waals surface area contributed by atoms with Crippen LogP contribution >= 0.6 is 23.1 Å². The van der Waals surface area contributed by atoms with Crippen LogP contribution in [0.15, 0.2) is 53.0 Å². The highest BCUT2D eigenvalue weighted by atomic mass is 32.2. The average Bonchev–Trinajstić information content (AvgIpc) is 3.33. The number of fused-ring (bicyclic) bond motifs is 1. The summed E-state index contributed by atoms with van der Waals surface area (Å²) in [6.45, 7) is 6.30. The minimum atomic E-state index is -0.106. The fraction of sp³-hybridized carbons (Fsp3) is 0.238. The number of anilines is 1. The van der Waals surface area contributed by atoms with E-state index in [1.165, 1.54) is 23.1 Å². The summed E-state index contributed by atoms with van der Waals surface area (Å²) in [5.74, 6) is 0.886. The number of pyridine rings is 1. The van der Waals surface area contributed by atoms with E-state index in [2.05, 4.69) is 46.0 Å². The zero-order valence-electron chi connectivity index (χ0n) is 16.4. The van der Waals surface area contributed by atoms with Gasteiger partial charge in [-0.05, 0) is 24.3 Å². The Balaban J connectivity index is 1.46. The van der Waals surface area contributed by atoms with Gasteiger partial charge in [0.25, 0.3) is 0 Å². The summed E-state index contributed by atoms with van der Waals surface area (Å²) >= 11 is 2.83. The number of rotatable bonds is 5. The lowest BCUT2D eigenvalue weighted by molar-refractivity contribution is -0.113. The smallest absolute Gasteiger partial charge is 0.236 e. The number of hydrogen-bond acceptors (Lipinski definition) is 6. The van der Waals surface area contributed by atoms with Crippen molar-refractivity contribution in [2.24, 2.45) is 0 Å². The number of imidazole rings is 1. The van der Waals surface area contributed by atoms with Crippen LogP contribution in [0.3, 0.4) is 0 Å². The Morgan fingerprint density at radius 1 is 1.17 bits per heavy atom. The monoisotopic (exact) mass is 423 g/mol. The fourth-order valence-corrected chi connectivity index (χ4v) is 4.48. The maximum absolute atomic E-state index is 12.4. The van der Waals surface area contributed by atoms with Crippen molar-refractivity contribution >= 4 is 45.2 Å². The molecule has 0 saturated heterocycles. The molecule has 148 valence electrons. The maximum Gasteiger partial charge on any atom is 0.236 e. The van der Waals surface area contributed by atoms with E-state index in [1.807, 2.05) is 41.8 Å². The van der Waals surface area contributed by atoms with Crippen LogP contribution in [0, 0.1) is 0 Å². The number of aromatic nitrogens is 4. The average molecular weight is 424 g/mol. The molecule has 29 heavy (non-hydrogen) atoms. The van der Waals surface area contributed by atoms with Crippen molar-refractivity contribution in [3.63, 3.8) is 0 Å². The molecule has 0 spiro atoms. The molecule has 0 aliphatic rings. The number of aromatic amines is 1. The van der Waals surface area contributed by atoms with Gasteiger partial charge in [-0.3, -0.25) is 4.79 Å². The van der Waals surface area contributed by atoms with Gasteiger partial charge in [-0.15, -0.1) is 11.3 Å². The number of thiazole rings is 1. The van der Waals surface area contributed by atoms with Gasteiger partial charge in [-0.2, -0.15) is 0 Å². The number of amides is 1. The molecule has 0 bridgehead atoms. The first kappa shape index (κ1) is 19.6. The number of para-hydroxylation sites is 2. The molecule has 2 N–H and O–H groups in total. The van der Waals surface area contributed by atoms with E-state index in [0.717, 1.165) is 33.1 Å². The molecule has 1 amide bonds. The van der Waals surface area contributed by atoms with E-state index in [4.69, 9.17) is 0 Å². The first-order valence-corrected chi connectivity index (χ1v) is 11.1. The highest BCUT2D eigenvalue weighted by molar-refractivity contribution is 8.00. The van der Waals surface area contributed by atoms with E-state index >= 15 is 0 Å². The van der Waals surface area contributed by atoms with E-state index < -0.39 is 0 Å². The number of thioether (sulfide) groups is 1. The van der Waals surface area contributed by atoms with Gasteiger partial charge >= 0.3 is 0 Å². The number of hydrogen-bond donors (Lipinski definition) is 2. The summed E-state index contributed by atoms with van der Waals surface area (Å²) in [5, 5.41) is 6.25. The van der Waals surface area contributed by atoms with Crippen LogP contribution in [0.1, 0.15) is 26.5 Å². The first-order chi connectivity index (χ1) is 13.9. The van der Waals surface area contributed by atoms with Crippen molar-refractivity contribution in [2.75, 3.05) is 11.1 Å². The predicted octanol–water partition coefficient (Wildman–Crippen LogP) is 5.11. The highest BCUT2D eigenvalue weighted by Gasteiger charge is 2.18. The Bertz CT molecular complexity index is 1130. The Labute approximate surface area is 177 Å². The van der Waals surface area contributed by atoms with Gasteiger partial charge < -0.3 is 10.3 Å². The minimum Gasteiger partial charge on any atom is -0.338 e. The number of H-pyrrole nitrogens is 1. The molecule has 3 aromatic heterocycles. The number of carbonyl (C=O) groups excluding carboxylic acids is 1. The maximum atomic E-state index is 12.4. The summed E-state index contributed by atoms with van der Waals surface area (Å²) in [4.78, 5) is 29.3. The van der Waals surface area contributed by atoms with E-state index in [1.54, 1.807) is 6.20 Å². The van der Waals surface area contributed by atoms with E-state index in [0.29, 0.717) is 5.13 Å². The van der Waals surface area contributed by atoms with Crippen LogP contribution < -0.4 is 5.32 Å². The topological polar surface area (TPSA) is 83.6 Å². The predicted molar refractivity (Wildman–Crippen MR) is 119 cm³/mol. The number of carbonyl (C=O) groups is 1. The molecule has 0 aliphatic heterocycles. The Morgan fingerprint density at radius 2 is 2.00 bits per heavy atom. The van der Waals surface area contributed by atoms with Gasteiger partial charge in [0.05, 0.1) is 22.5 Å².